The first kappa shape index (κ1) is 19.8. The van der Waals surface area contributed by atoms with E-state index in [2.05, 4.69) is 44.1 Å². The van der Waals surface area contributed by atoms with Gasteiger partial charge >= 0.3 is 0 Å². The molecule has 0 radical (unpaired) electrons. The summed E-state index contributed by atoms with van der Waals surface area (Å²) in [6.45, 7) is 7.14. The van der Waals surface area contributed by atoms with E-state index in [-0.39, 0.29) is 0 Å². The molecule has 2 unspecified atom stereocenters. The molecule has 2 saturated heterocycles. The Morgan fingerprint density at radius 1 is 1.15 bits per heavy atom. The molecular weight excluding hydrogens is 354 g/mol. The summed E-state index contributed by atoms with van der Waals surface area (Å²) in [6, 6.07) is 2.12. The lowest BCUT2D eigenvalue weighted by Crippen LogP contribution is -2.60. The lowest BCUT2D eigenvalue weighted by atomic mass is 9.80. The topological polar surface area (TPSA) is 42.9 Å². The zero-order chi connectivity index (χ0) is 18.7. The number of nitrogens with zero attached hydrogens (tertiary/aromatic N) is 3. The quantitative estimate of drug-likeness (QED) is 0.555. The first-order valence-electron chi connectivity index (χ1n) is 11.3. The van der Waals surface area contributed by atoms with E-state index in [0.717, 1.165) is 18.5 Å². The molecule has 2 N–H and O–H groups in total. The number of guanidine groups is 1. The van der Waals surface area contributed by atoms with E-state index in [1.54, 1.807) is 0 Å². The Bertz CT molecular complexity index is 509. The minimum Gasteiger partial charge on any atom is -0.355 e. The number of hydrogen-bond acceptors (Lipinski definition) is 4. The van der Waals surface area contributed by atoms with Crippen molar-refractivity contribution in [1.82, 2.24) is 20.4 Å². The van der Waals surface area contributed by atoms with Crippen LogP contribution in [0.4, 0.5) is 0 Å². The van der Waals surface area contributed by atoms with E-state index in [0.29, 0.717) is 17.6 Å². The Balaban J connectivity index is 1.33. The molecule has 2 aliphatic carbocycles. The monoisotopic (exact) mass is 393 g/mol. The van der Waals surface area contributed by atoms with Crippen molar-refractivity contribution in [3.05, 3.63) is 0 Å². The highest BCUT2D eigenvalue weighted by molar-refractivity contribution is 7.99. The maximum absolute atomic E-state index is 4.58. The smallest absolute Gasteiger partial charge is 0.191 e. The van der Waals surface area contributed by atoms with Crippen molar-refractivity contribution in [2.24, 2.45) is 4.99 Å². The zero-order valence-corrected chi connectivity index (χ0v) is 18.2. The van der Waals surface area contributed by atoms with Gasteiger partial charge in [-0.2, -0.15) is 11.8 Å². The van der Waals surface area contributed by atoms with Gasteiger partial charge in [-0.05, 0) is 39.0 Å². The predicted molar refractivity (Wildman–Crippen MR) is 117 cm³/mol. The van der Waals surface area contributed by atoms with Gasteiger partial charge in [-0.3, -0.25) is 14.8 Å². The van der Waals surface area contributed by atoms with Crippen LogP contribution in [0.5, 0.6) is 0 Å². The highest BCUT2D eigenvalue weighted by atomic mass is 32.2. The minimum absolute atomic E-state index is 0.347. The molecule has 0 aromatic heterocycles. The van der Waals surface area contributed by atoms with Gasteiger partial charge in [-0.15, -0.1) is 0 Å². The molecule has 4 aliphatic rings. The number of rotatable bonds is 5. The molecule has 5 nitrogen and oxygen atoms in total. The standard InChI is InChI=1S/C21H39N5S/c1-17-14-18(15-26(17)19-6-7-19)24-20(22-2)23-16-21(8-4-3-5-9-21)25-10-12-27-13-11-25/h17-19H,3-16H2,1-2H3,(H2,22,23,24). The zero-order valence-electron chi connectivity index (χ0n) is 17.4. The maximum Gasteiger partial charge on any atom is 0.191 e. The molecule has 27 heavy (non-hydrogen) atoms. The van der Waals surface area contributed by atoms with Crippen LogP contribution in [0.3, 0.4) is 0 Å². The van der Waals surface area contributed by atoms with Gasteiger partial charge in [0, 0.05) is 68.4 Å². The molecule has 154 valence electrons. The van der Waals surface area contributed by atoms with Crippen molar-refractivity contribution in [3.63, 3.8) is 0 Å². The van der Waals surface area contributed by atoms with Crippen LogP contribution >= 0.6 is 11.8 Å². The number of aliphatic imine (C=N–C) groups is 1. The molecule has 0 aromatic carbocycles. The molecule has 6 heteroatoms. The average molecular weight is 394 g/mol. The predicted octanol–water partition coefficient (Wildman–Crippen LogP) is 2.53. The van der Waals surface area contributed by atoms with Crippen molar-refractivity contribution in [2.45, 2.75) is 82.0 Å². The number of hydrogen-bond donors (Lipinski definition) is 2. The number of nitrogens with one attached hydrogen (secondary N) is 2. The second-order valence-electron chi connectivity index (χ2n) is 9.16. The van der Waals surface area contributed by atoms with Gasteiger partial charge in [-0.25, -0.2) is 0 Å². The van der Waals surface area contributed by atoms with Crippen molar-refractivity contribution in [2.75, 3.05) is 44.7 Å². The highest BCUT2D eigenvalue weighted by Crippen LogP contribution is 2.35. The molecule has 2 aliphatic heterocycles. The summed E-state index contributed by atoms with van der Waals surface area (Å²) in [5.41, 5.74) is 0.347. The summed E-state index contributed by atoms with van der Waals surface area (Å²) >= 11 is 2.12. The Morgan fingerprint density at radius 2 is 1.89 bits per heavy atom. The largest absolute Gasteiger partial charge is 0.355 e. The Labute approximate surface area is 170 Å². The second kappa shape index (κ2) is 8.91. The van der Waals surface area contributed by atoms with Crippen LogP contribution < -0.4 is 10.6 Å². The Kier molecular flexibility index (Phi) is 6.55. The van der Waals surface area contributed by atoms with Crippen LogP contribution in [-0.4, -0.2) is 84.2 Å². The fourth-order valence-electron chi connectivity index (χ4n) is 5.56. The van der Waals surface area contributed by atoms with Crippen LogP contribution in [-0.2, 0) is 0 Å². The number of thioether (sulfide) groups is 1. The fraction of sp³-hybridized carbons (Fsp3) is 0.952. The first-order valence-corrected chi connectivity index (χ1v) is 12.4. The highest BCUT2D eigenvalue weighted by Gasteiger charge is 2.40. The van der Waals surface area contributed by atoms with Crippen LogP contribution in [0.15, 0.2) is 4.99 Å². The maximum atomic E-state index is 4.58. The lowest BCUT2D eigenvalue weighted by Gasteiger charge is -2.48. The van der Waals surface area contributed by atoms with E-state index in [4.69, 9.17) is 0 Å². The van der Waals surface area contributed by atoms with E-state index >= 15 is 0 Å². The van der Waals surface area contributed by atoms with Crippen LogP contribution in [0.1, 0.15) is 58.3 Å². The van der Waals surface area contributed by atoms with Gasteiger partial charge in [0.05, 0.1) is 0 Å². The Hall–Kier alpha value is -0.460. The van der Waals surface area contributed by atoms with Gasteiger partial charge in [0.15, 0.2) is 5.96 Å². The molecule has 2 heterocycles. The van der Waals surface area contributed by atoms with Crippen LogP contribution in [0.25, 0.3) is 0 Å². The summed E-state index contributed by atoms with van der Waals surface area (Å²) in [4.78, 5) is 10.1. The van der Waals surface area contributed by atoms with Gasteiger partial charge < -0.3 is 10.6 Å². The lowest BCUT2D eigenvalue weighted by molar-refractivity contribution is 0.0625. The number of likely N-dealkylation sites (tertiary alicyclic amines) is 1. The molecule has 0 spiro atoms. The third-order valence-corrected chi connectivity index (χ3v) is 8.20. The molecule has 4 rings (SSSR count). The normalized spacial score (nSPS) is 33.2. The molecular formula is C21H39N5S. The molecule has 0 amide bonds. The third kappa shape index (κ3) is 4.76. The minimum atomic E-state index is 0.347. The van der Waals surface area contributed by atoms with E-state index in [9.17, 15) is 0 Å². The SMILES string of the molecule is CN=C(NCC1(N2CCSCC2)CCCCC1)NC1CC(C)N(C2CC2)C1. The summed E-state index contributed by atoms with van der Waals surface area (Å²) < 4.78 is 0. The van der Waals surface area contributed by atoms with Crippen LogP contribution in [0, 0.1) is 0 Å². The summed E-state index contributed by atoms with van der Waals surface area (Å²) in [5.74, 6) is 3.61. The van der Waals surface area contributed by atoms with Crippen LogP contribution in [0.2, 0.25) is 0 Å². The van der Waals surface area contributed by atoms with E-state index < -0.39 is 0 Å². The third-order valence-electron chi connectivity index (χ3n) is 7.25. The van der Waals surface area contributed by atoms with Gasteiger partial charge in [0.25, 0.3) is 0 Å². The van der Waals surface area contributed by atoms with Gasteiger partial charge in [0.2, 0.25) is 0 Å². The van der Waals surface area contributed by atoms with Crippen molar-refractivity contribution < 1.29 is 0 Å². The summed E-state index contributed by atoms with van der Waals surface area (Å²) in [5, 5.41) is 7.49. The molecule has 0 aromatic rings. The second-order valence-corrected chi connectivity index (χ2v) is 10.4. The molecule has 2 atom stereocenters. The van der Waals surface area contributed by atoms with E-state index in [1.165, 1.54) is 82.5 Å². The van der Waals surface area contributed by atoms with Gasteiger partial charge in [-0.1, -0.05) is 19.3 Å². The van der Waals surface area contributed by atoms with Crippen molar-refractivity contribution in [1.29, 1.82) is 0 Å². The van der Waals surface area contributed by atoms with Crippen molar-refractivity contribution in [3.8, 4) is 0 Å². The molecule has 0 bridgehead atoms. The summed E-state index contributed by atoms with van der Waals surface area (Å²) in [6.07, 6.45) is 10.9. The Morgan fingerprint density at radius 3 is 2.56 bits per heavy atom. The van der Waals surface area contributed by atoms with E-state index in [1.807, 2.05) is 7.05 Å². The molecule has 2 saturated carbocycles. The molecule has 4 fully saturated rings. The summed E-state index contributed by atoms with van der Waals surface area (Å²) in [7, 11) is 1.93. The average Bonchev–Trinajstić information content (AvgIpc) is 3.49. The van der Waals surface area contributed by atoms with Gasteiger partial charge in [0.1, 0.15) is 0 Å². The fourth-order valence-corrected chi connectivity index (χ4v) is 6.47. The van der Waals surface area contributed by atoms with Crippen molar-refractivity contribution >= 4 is 17.7 Å². The first-order chi connectivity index (χ1) is 13.2.